The van der Waals surface area contributed by atoms with Gasteiger partial charge in [-0.1, -0.05) is 33.1 Å². The molecule has 2 aliphatic carbocycles. The van der Waals surface area contributed by atoms with E-state index >= 15 is 0 Å². The van der Waals surface area contributed by atoms with Crippen LogP contribution in [-0.2, 0) is 0 Å². The predicted molar refractivity (Wildman–Crippen MR) is 79.7 cm³/mol. The molecule has 19 heavy (non-hydrogen) atoms. The Bertz CT molecular complexity index is 303. The molecule has 2 saturated carbocycles. The predicted octanol–water partition coefficient (Wildman–Crippen LogP) is 4.22. The lowest BCUT2D eigenvalue weighted by molar-refractivity contribution is 0.0725. The van der Waals surface area contributed by atoms with Gasteiger partial charge in [0.15, 0.2) is 0 Å². The normalized spacial score (nSPS) is 32.0. The first-order valence-electron chi connectivity index (χ1n) is 8.42. The summed E-state index contributed by atoms with van der Waals surface area (Å²) in [5.41, 5.74) is 0. The van der Waals surface area contributed by atoms with Crippen molar-refractivity contribution >= 4 is 0 Å². The minimum absolute atomic E-state index is 0.285. The van der Waals surface area contributed by atoms with E-state index < -0.39 is 0 Å². The Morgan fingerprint density at radius 2 is 1.89 bits per heavy atom. The van der Waals surface area contributed by atoms with Crippen LogP contribution in [0.5, 0.6) is 0 Å². The average molecular weight is 262 g/mol. The van der Waals surface area contributed by atoms with Crippen molar-refractivity contribution in [3.63, 3.8) is 0 Å². The van der Waals surface area contributed by atoms with Gasteiger partial charge >= 0.3 is 0 Å². The van der Waals surface area contributed by atoms with Gasteiger partial charge in [-0.2, -0.15) is 5.26 Å². The summed E-state index contributed by atoms with van der Waals surface area (Å²) in [5, 5.41) is 9.45. The van der Waals surface area contributed by atoms with Crippen molar-refractivity contribution in [2.24, 2.45) is 17.8 Å². The van der Waals surface area contributed by atoms with Crippen molar-refractivity contribution in [1.82, 2.24) is 4.90 Å². The Balaban J connectivity index is 1.96. The summed E-state index contributed by atoms with van der Waals surface area (Å²) in [7, 11) is 0. The highest BCUT2D eigenvalue weighted by Gasteiger charge is 2.35. The van der Waals surface area contributed by atoms with Crippen molar-refractivity contribution in [2.75, 3.05) is 13.1 Å². The molecule has 3 atom stereocenters. The maximum atomic E-state index is 9.45. The van der Waals surface area contributed by atoms with E-state index in [1.54, 1.807) is 0 Å². The van der Waals surface area contributed by atoms with E-state index in [0.29, 0.717) is 6.04 Å². The molecule has 0 saturated heterocycles. The number of hydrogen-bond donors (Lipinski definition) is 0. The monoisotopic (exact) mass is 262 g/mol. The zero-order valence-corrected chi connectivity index (χ0v) is 12.8. The van der Waals surface area contributed by atoms with E-state index in [1.165, 1.54) is 51.5 Å². The Morgan fingerprint density at radius 3 is 2.42 bits per heavy atom. The molecule has 0 amide bonds. The van der Waals surface area contributed by atoms with Crippen LogP contribution in [0.4, 0.5) is 0 Å². The fourth-order valence-corrected chi connectivity index (χ4v) is 3.96. The van der Waals surface area contributed by atoms with Crippen LogP contribution in [0.25, 0.3) is 0 Å². The number of rotatable bonds is 6. The molecule has 108 valence electrons. The molecule has 2 heteroatoms. The van der Waals surface area contributed by atoms with Gasteiger partial charge in [0.25, 0.3) is 0 Å². The Kier molecular flexibility index (Phi) is 5.70. The molecule has 0 aromatic rings. The van der Waals surface area contributed by atoms with Gasteiger partial charge in [-0.25, -0.2) is 0 Å². The van der Waals surface area contributed by atoms with Gasteiger partial charge in [-0.05, 0) is 50.5 Å². The molecular formula is C17H30N2. The van der Waals surface area contributed by atoms with Crippen LogP contribution < -0.4 is 0 Å². The van der Waals surface area contributed by atoms with E-state index in [2.05, 4.69) is 24.8 Å². The second-order valence-electron chi connectivity index (χ2n) is 6.66. The Labute approximate surface area is 119 Å². The fourth-order valence-electron chi connectivity index (χ4n) is 3.96. The second-order valence-corrected chi connectivity index (χ2v) is 6.66. The zero-order chi connectivity index (χ0) is 13.7. The Morgan fingerprint density at radius 1 is 1.11 bits per heavy atom. The van der Waals surface area contributed by atoms with Crippen molar-refractivity contribution in [3.05, 3.63) is 0 Å². The summed E-state index contributed by atoms with van der Waals surface area (Å²) in [6.45, 7) is 6.93. The maximum Gasteiger partial charge on any atom is 0.0672 e. The van der Waals surface area contributed by atoms with Crippen LogP contribution in [-0.4, -0.2) is 24.0 Å². The first kappa shape index (κ1) is 14.9. The molecule has 3 unspecified atom stereocenters. The SMILES string of the molecule is CCCC1CCC(C#N)C(N(CC)CC2CCC2)C1. The number of hydrogen-bond acceptors (Lipinski definition) is 2. The molecule has 0 aromatic heterocycles. The fraction of sp³-hybridized carbons (Fsp3) is 0.941. The quantitative estimate of drug-likeness (QED) is 0.716. The van der Waals surface area contributed by atoms with Crippen LogP contribution >= 0.6 is 0 Å². The van der Waals surface area contributed by atoms with Gasteiger partial charge in [0.1, 0.15) is 0 Å². The molecular weight excluding hydrogens is 232 g/mol. The van der Waals surface area contributed by atoms with Gasteiger partial charge < -0.3 is 0 Å². The summed E-state index contributed by atoms with van der Waals surface area (Å²) < 4.78 is 0. The molecule has 2 rings (SSSR count). The van der Waals surface area contributed by atoms with Gasteiger partial charge in [-0.15, -0.1) is 0 Å². The third kappa shape index (κ3) is 3.72. The van der Waals surface area contributed by atoms with E-state index in [1.807, 2.05) is 0 Å². The summed E-state index contributed by atoms with van der Waals surface area (Å²) in [6.07, 6.45) is 10.6. The van der Waals surface area contributed by atoms with Crippen molar-refractivity contribution in [3.8, 4) is 6.07 Å². The highest BCUT2D eigenvalue weighted by atomic mass is 15.2. The molecule has 0 radical (unpaired) electrons. The molecule has 0 bridgehead atoms. The summed E-state index contributed by atoms with van der Waals surface area (Å²) in [6, 6.07) is 3.14. The minimum atomic E-state index is 0.285. The molecule has 2 fully saturated rings. The van der Waals surface area contributed by atoms with E-state index in [0.717, 1.165) is 24.8 Å². The molecule has 0 aliphatic heterocycles. The topological polar surface area (TPSA) is 27.0 Å². The molecule has 0 heterocycles. The van der Waals surface area contributed by atoms with Crippen LogP contribution in [0.3, 0.4) is 0 Å². The second kappa shape index (κ2) is 7.29. The Hall–Kier alpha value is -0.550. The number of nitrogens with zero attached hydrogens (tertiary/aromatic N) is 2. The van der Waals surface area contributed by atoms with E-state index in [-0.39, 0.29) is 5.92 Å². The molecule has 0 spiro atoms. The summed E-state index contributed by atoms with van der Waals surface area (Å²) in [5.74, 6) is 2.08. The van der Waals surface area contributed by atoms with Crippen molar-refractivity contribution in [1.29, 1.82) is 5.26 Å². The third-order valence-electron chi connectivity index (χ3n) is 5.38. The van der Waals surface area contributed by atoms with Crippen LogP contribution in [0.2, 0.25) is 0 Å². The molecule has 0 aromatic carbocycles. The van der Waals surface area contributed by atoms with Crippen LogP contribution in [0.15, 0.2) is 0 Å². The van der Waals surface area contributed by atoms with Gasteiger partial charge in [-0.3, -0.25) is 4.90 Å². The highest BCUT2D eigenvalue weighted by Crippen LogP contribution is 2.36. The van der Waals surface area contributed by atoms with Crippen molar-refractivity contribution < 1.29 is 0 Å². The maximum absolute atomic E-state index is 9.45. The minimum Gasteiger partial charge on any atom is -0.299 e. The van der Waals surface area contributed by atoms with Crippen LogP contribution in [0, 0.1) is 29.1 Å². The van der Waals surface area contributed by atoms with Crippen molar-refractivity contribution in [2.45, 2.75) is 71.3 Å². The largest absolute Gasteiger partial charge is 0.299 e. The average Bonchev–Trinajstić information content (AvgIpc) is 2.38. The highest BCUT2D eigenvalue weighted by molar-refractivity contribution is 4.98. The summed E-state index contributed by atoms with van der Waals surface area (Å²) in [4.78, 5) is 2.64. The lowest BCUT2D eigenvalue weighted by Gasteiger charge is -2.42. The standard InChI is InChI=1S/C17H30N2/c1-3-6-14-9-10-16(12-18)17(11-14)19(4-2)13-15-7-5-8-15/h14-17H,3-11,13H2,1-2H3. The van der Waals surface area contributed by atoms with E-state index in [9.17, 15) is 5.26 Å². The van der Waals surface area contributed by atoms with Crippen LogP contribution in [0.1, 0.15) is 65.2 Å². The lowest BCUT2D eigenvalue weighted by Crippen LogP contribution is -2.46. The first-order valence-corrected chi connectivity index (χ1v) is 8.42. The van der Waals surface area contributed by atoms with Gasteiger partial charge in [0.2, 0.25) is 0 Å². The van der Waals surface area contributed by atoms with Gasteiger partial charge in [0.05, 0.1) is 12.0 Å². The smallest absolute Gasteiger partial charge is 0.0672 e. The van der Waals surface area contributed by atoms with Gasteiger partial charge in [0, 0.05) is 12.6 Å². The zero-order valence-electron chi connectivity index (χ0n) is 12.8. The first-order chi connectivity index (χ1) is 9.28. The summed E-state index contributed by atoms with van der Waals surface area (Å²) >= 11 is 0. The molecule has 2 aliphatic rings. The van der Waals surface area contributed by atoms with E-state index in [4.69, 9.17) is 0 Å². The third-order valence-corrected chi connectivity index (χ3v) is 5.38. The number of nitriles is 1. The molecule has 2 nitrogen and oxygen atoms in total. The molecule has 0 N–H and O–H groups in total. The lowest BCUT2D eigenvalue weighted by atomic mass is 9.75.